The number of ether oxygens (including phenoxy) is 1. The number of aromatic nitrogens is 3. The molecule has 3 heterocycles. The molecule has 1 amide bonds. The molecule has 1 aliphatic heterocycles. The molecule has 9 heteroatoms. The Labute approximate surface area is 216 Å². The molecule has 0 aliphatic carbocycles. The Balaban J connectivity index is 1.37. The summed E-state index contributed by atoms with van der Waals surface area (Å²) in [7, 11) is 0. The molecule has 0 saturated carbocycles. The third kappa shape index (κ3) is 5.50. The summed E-state index contributed by atoms with van der Waals surface area (Å²) in [5.74, 6) is 0.697. The quantitative estimate of drug-likeness (QED) is 0.358. The van der Waals surface area contributed by atoms with Crippen LogP contribution in [0.2, 0.25) is 4.71 Å². The zero-order chi connectivity index (χ0) is 25.1. The van der Waals surface area contributed by atoms with Crippen LogP contribution in [0.25, 0.3) is 22.0 Å². The molecule has 0 spiro atoms. The third-order valence-electron chi connectivity index (χ3n) is 5.83. The van der Waals surface area contributed by atoms with Gasteiger partial charge >= 0.3 is 152 Å². The van der Waals surface area contributed by atoms with Crippen LogP contribution in [0, 0.1) is 0 Å². The summed E-state index contributed by atoms with van der Waals surface area (Å²) in [4.78, 5) is 28.8. The van der Waals surface area contributed by atoms with Gasteiger partial charge in [0.05, 0.1) is 13.2 Å². The minimum absolute atomic E-state index is 0.116. The fraction of sp³-hybridized carbons (Fsp3) is 0.259. The minimum atomic E-state index is -0.235. The van der Waals surface area contributed by atoms with Gasteiger partial charge in [-0.05, 0) is 6.07 Å². The Hall–Kier alpha value is -3.48. The Morgan fingerprint density at radius 3 is 2.75 bits per heavy atom. The number of carbonyl (C=O) groups excluding carboxylic acids is 1. The number of morpholine rings is 1. The molecule has 0 unspecified atom stereocenters. The van der Waals surface area contributed by atoms with Crippen molar-refractivity contribution in [2.75, 3.05) is 36.5 Å². The zero-order valence-electron chi connectivity index (χ0n) is 20.2. The first-order chi connectivity index (χ1) is 17.5. The number of nitrogens with one attached hydrogen (secondary N) is 1. The number of hydrogen-bond acceptors (Lipinski definition) is 7. The molecule has 1 saturated heterocycles. The molecule has 5 rings (SSSR count). The van der Waals surface area contributed by atoms with Gasteiger partial charge in [-0.2, -0.15) is 0 Å². The normalized spacial score (nSPS) is 14.1. The van der Waals surface area contributed by atoms with E-state index < -0.39 is 0 Å². The number of benzene rings is 2. The molecule has 8 nitrogen and oxygen atoms in total. The second kappa shape index (κ2) is 10.6. The molecule has 36 heavy (non-hydrogen) atoms. The number of anilines is 2. The molecule has 0 atom stereocenters. The van der Waals surface area contributed by atoms with Crippen LogP contribution in [0.15, 0.2) is 60.9 Å². The topological polar surface area (TPSA) is 100 Å². The van der Waals surface area contributed by atoms with E-state index in [1.165, 1.54) is 0 Å². The van der Waals surface area contributed by atoms with E-state index in [0.717, 1.165) is 40.0 Å². The van der Waals surface area contributed by atoms with Crippen LogP contribution in [0.1, 0.15) is 24.2 Å². The van der Waals surface area contributed by atoms with Gasteiger partial charge in [0, 0.05) is 25.4 Å². The Morgan fingerprint density at radius 1 is 1.11 bits per heavy atom. The van der Waals surface area contributed by atoms with E-state index in [1.807, 2.05) is 30.5 Å². The molecule has 4 aromatic rings. The number of carbonyl (C=O) groups is 1. The molecule has 1 fully saturated rings. The van der Waals surface area contributed by atoms with Gasteiger partial charge < -0.3 is 9.64 Å². The first-order valence-corrected chi connectivity index (χ1v) is 13.9. The van der Waals surface area contributed by atoms with Gasteiger partial charge in [-0.25, -0.2) is 4.98 Å². The monoisotopic (exact) mass is 544 g/mol. The third-order valence-corrected chi connectivity index (χ3v) is 7.85. The van der Waals surface area contributed by atoms with Crippen molar-refractivity contribution in [2.45, 2.75) is 18.6 Å². The predicted octanol–water partition coefficient (Wildman–Crippen LogP) is 3.64. The molecule has 2 N–H and O–H groups in total. The number of phenolic OH excluding ortho intramolecular Hbond substituents is 1. The molecular formula is C27H27AsN5O3. The van der Waals surface area contributed by atoms with E-state index in [0.29, 0.717) is 34.7 Å². The predicted molar refractivity (Wildman–Crippen MR) is 142 cm³/mol. The van der Waals surface area contributed by atoms with E-state index in [-0.39, 0.29) is 27.4 Å². The van der Waals surface area contributed by atoms with Crippen LogP contribution >= 0.6 is 0 Å². The number of pyridine rings is 1. The molecule has 1 radical (unpaired) electrons. The van der Waals surface area contributed by atoms with Crippen LogP contribution < -0.4 is 14.8 Å². The number of amides is 1. The first kappa shape index (κ1) is 24.2. The molecule has 0 bridgehead atoms. The first-order valence-electron chi connectivity index (χ1n) is 11.9. The average Bonchev–Trinajstić information content (AvgIpc) is 2.88. The van der Waals surface area contributed by atoms with E-state index >= 15 is 0 Å². The summed E-state index contributed by atoms with van der Waals surface area (Å²) >= 11 is -0.116. The van der Waals surface area contributed by atoms with Crippen molar-refractivity contribution in [1.29, 1.82) is 0 Å². The van der Waals surface area contributed by atoms with Gasteiger partial charge in [0.15, 0.2) is 0 Å². The van der Waals surface area contributed by atoms with Gasteiger partial charge in [0.2, 0.25) is 0 Å². The van der Waals surface area contributed by atoms with Crippen molar-refractivity contribution in [3.05, 3.63) is 66.5 Å². The van der Waals surface area contributed by atoms with Crippen molar-refractivity contribution in [1.82, 2.24) is 15.0 Å². The molecule has 1 aliphatic rings. The molecular weight excluding hydrogens is 517 g/mol. The summed E-state index contributed by atoms with van der Waals surface area (Å²) in [6, 6.07) is 14.4. The van der Waals surface area contributed by atoms with Crippen LogP contribution in [-0.4, -0.2) is 68.0 Å². The fourth-order valence-electron chi connectivity index (χ4n) is 4.08. The van der Waals surface area contributed by atoms with Gasteiger partial charge in [0.25, 0.3) is 0 Å². The summed E-state index contributed by atoms with van der Waals surface area (Å²) in [5.41, 5.74) is 3.25. The summed E-state index contributed by atoms with van der Waals surface area (Å²) in [5, 5.41) is 14.6. The molecule has 183 valence electrons. The van der Waals surface area contributed by atoms with Crippen LogP contribution in [0.4, 0.5) is 11.5 Å². The standard InChI is InChI=1S/C27H27AsN5O3/c1-17(2)28-27-30-16-20-13-22(24(34)15-23(20)32-27)18-4-3-5-19(12-18)26(35)31-21-6-7-29-25(14-21)33-8-10-36-11-9-33/h3-7,12-17,34H,8-11H2,1-2H3,(H,29,31,35). The van der Waals surface area contributed by atoms with Gasteiger partial charge in [-0.15, -0.1) is 0 Å². The average molecular weight is 544 g/mol. The van der Waals surface area contributed by atoms with Gasteiger partial charge in [-0.1, -0.05) is 0 Å². The molecule has 2 aromatic carbocycles. The Morgan fingerprint density at radius 2 is 1.94 bits per heavy atom. The summed E-state index contributed by atoms with van der Waals surface area (Å²) < 4.78 is 6.80. The van der Waals surface area contributed by atoms with E-state index in [4.69, 9.17) is 4.74 Å². The maximum atomic E-state index is 13.1. The Kier molecular flexibility index (Phi) is 7.16. The fourth-order valence-corrected chi connectivity index (χ4v) is 5.65. The number of aromatic hydroxyl groups is 1. The summed E-state index contributed by atoms with van der Waals surface area (Å²) in [6.45, 7) is 7.20. The second-order valence-electron chi connectivity index (χ2n) is 8.86. The maximum absolute atomic E-state index is 13.1. The SMILES string of the molecule is CC(C)[As]c1ncc2cc(-c3cccc(C(=O)Nc4ccnc(N5CCOCC5)c4)c3)c(O)cc2n1. The van der Waals surface area contributed by atoms with E-state index in [2.05, 4.69) is 39.0 Å². The van der Waals surface area contributed by atoms with E-state index in [9.17, 15) is 9.90 Å². The van der Waals surface area contributed by atoms with Crippen LogP contribution in [0.3, 0.4) is 0 Å². The van der Waals surface area contributed by atoms with Crippen molar-refractivity contribution in [2.24, 2.45) is 0 Å². The van der Waals surface area contributed by atoms with Gasteiger partial charge in [0.1, 0.15) is 5.82 Å². The van der Waals surface area contributed by atoms with Gasteiger partial charge in [-0.3, -0.25) is 0 Å². The van der Waals surface area contributed by atoms with Crippen molar-refractivity contribution in [3.63, 3.8) is 0 Å². The Bertz CT molecular complexity index is 1410. The van der Waals surface area contributed by atoms with Crippen LogP contribution in [-0.2, 0) is 4.74 Å². The van der Waals surface area contributed by atoms with Crippen LogP contribution in [0.5, 0.6) is 5.75 Å². The number of fused-ring (bicyclic) bond motifs is 1. The van der Waals surface area contributed by atoms with Crippen molar-refractivity contribution < 1.29 is 14.6 Å². The number of nitrogens with zero attached hydrogens (tertiary/aromatic N) is 4. The summed E-state index contributed by atoms with van der Waals surface area (Å²) in [6.07, 6.45) is 3.50. The second-order valence-corrected chi connectivity index (χ2v) is 12.4. The molecule has 2 aromatic heterocycles. The van der Waals surface area contributed by atoms with Crippen molar-refractivity contribution >= 4 is 48.7 Å². The zero-order valence-corrected chi connectivity index (χ0v) is 22.1. The number of rotatable bonds is 6. The van der Waals surface area contributed by atoms with E-state index in [1.54, 1.807) is 30.5 Å². The number of hydrogen-bond donors (Lipinski definition) is 2. The number of phenols is 1. The van der Waals surface area contributed by atoms with Crippen molar-refractivity contribution in [3.8, 4) is 16.9 Å².